The number of aromatic nitrogens is 2. The number of aromatic amines is 1. The number of carbonyl (C=O) groups excluding carboxylic acids is 2. The molecule has 156 valence electrons. The summed E-state index contributed by atoms with van der Waals surface area (Å²) in [6.45, 7) is 6.33. The number of anilines is 1. The van der Waals surface area contributed by atoms with Crippen LogP contribution in [0.3, 0.4) is 0 Å². The van der Waals surface area contributed by atoms with Crippen molar-refractivity contribution in [2.24, 2.45) is 0 Å². The number of ether oxygens (including phenoxy) is 3. The van der Waals surface area contributed by atoms with E-state index < -0.39 is 5.60 Å². The van der Waals surface area contributed by atoms with Gasteiger partial charge < -0.3 is 24.4 Å². The average molecular weight is 402 g/mol. The highest BCUT2D eigenvalue weighted by molar-refractivity contribution is 6.04. The van der Waals surface area contributed by atoms with Crippen LogP contribution >= 0.6 is 0 Å². The molecule has 0 atom stereocenters. The van der Waals surface area contributed by atoms with Gasteiger partial charge in [0.05, 0.1) is 26.5 Å². The van der Waals surface area contributed by atoms with E-state index in [1.807, 2.05) is 20.8 Å². The zero-order chi connectivity index (χ0) is 21.2. The maximum atomic E-state index is 12.6. The molecule has 0 spiro atoms. The molecule has 2 heterocycles. The lowest BCUT2D eigenvalue weighted by Gasteiger charge is -2.29. The fourth-order valence-corrected chi connectivity index (χ4v) is 3.06. The van der Waals surface area contributed by atoms with E-state index in [-0.39, 0.29) is 12.0 Å². The lowest BCUT2D eigenvalue weighted by Crippen LogP contribution is -2.39. The molecular formula is C20H26N4O5. The number of nitrogens with one attached hydrogen (secondary N) is 2. The first-order valence-corrected chi connectivity index (χ1v) is 9.29. The molecule has 9 nitrogen and oxygen atoms in total. The minimum atomic E-state index is -0.552. The molecule has 0 bridgehead atoms. The van der Waals surface area contributed by atoms with E-state index >= 15 is 0 Å². The highest BCUT2D eigenvalue weighted by Crippen LogP contribution is 2.29. The second kappa shape index (κ2) is 8.02. The van der Waals surface area contributed by atoms with Crippen LogP contribution < -0.4 is 14.8 Å². The lowest BCUT2D eigenvalue weighted by molar-refractivity contribution is 0.0221. The summed E-state index contributed by atoms with van der Waals surface area (Å²) in [5.41, 5.74) is 1.54. The minimum absolute atomic E-state index is 0.310. The van der Waals surface area contributed by atoms with Gasteiger partial charge in [0.15, 0.2) is 17.3 Å². The number of hydrogen-bond acceptors (Lipinski definition) is 6. The monoisotopic (exact) mass is 402 g/mol. The third kappa shape index (κ3) is 4.61. The summed E-state index contributed by atoms with van der Waals surface area (Å²) in [5.74, 6) is 1.17. The van der Waals surface area contributed by atoms with Crippen molar-refractivity contribution in [3.05, 3.63) is 35.0 Å². The van der Waals surface area contributed by atoms with Gasteiger partial charge in [-0.1, -0.05) is 0 Å². The van der Waals surface area contributed by atoms with Crippen molar-refractivity contribution in [1.29, 1.82) is 0 Å². The molecule has 0 aliphatic carbocycles. The zero-order valence-corrected chi connectivity index (χ0v) is 17.3. The maximum absolute atomic E-state index is 12.6. The molecule has 2 aromatic rings. The van der Waals surface area contributed by atoms with Crippen molar-refractivity contribution >= 4 is 17.8 Å². The van der Waals surface area contributed by atoms with Gasteiger partial charge in [0.1, 0.15) is 5.60 Å². The fourth-order valence-electron chi connectivity index (χ4n) is 3.06. The second-order valence-corrected chi connectivity index (χ2v) is 7.71. The predicted octanol–water partition coefficient (Wildman–Crippen LogP) is 2.97. The van der Waals surface area contributed by atoms with Gasteiger partial charge in [-0.05, 0) is 45.4 Å². The summed E-state index contributed by atoms with van der Waals surface area (Å²) < 4.78 is 15.9. The molecule has 29 heavy (non-hydrogen) atoms. The van der Waals surface area contributed by atoms with Gasteiger partial charge in [0.2, 0.25) is 0 Å². The molecule has 3 rings (SSSR count). The van der Waals surface area contributed by atoms with Crippen molar-refractivity contribution in [2.45, 2.75) is 39.3 Å². The average Bonchev–Trinajstić information content (AvgIpc) is 3.08. The quantitative estimate of drug-likeness (QED) is 0.814. The molecule has 1 aromatic heterocycles. The Labute approximate surface area is 169 Å². The Morgan fingerprint density at radius 1 is 1.17 bits per heavy atom. The van der Waals surface area contributed by atoms with Crippen molar-refractivity contribution in [3.8, 4) is 11.5 Å². The highest BCUT2D eigenvalue weighted by atomic mass is 16.6. The fraction of sp³-hybridized carbons (Fsp3) is 0.450. The number of nitrogens with zero attached hydrogens (tertiary/aromatic N) is 2. The standard InChI is InChI=1S/C20H26N4O5/c1-20(2,3)29-19(26)24-9-8-13-14(11-24)22-23-17(13)21-18(25)12-6-7-15(27-4)16(10-12)28-5/h6-7,10H,8-9,11H2,1-5H3,(H2,21,22,23,25). The number of methoxy groups -OCH3 is 2. The maximum Gasteiger partial charge on any atom is 0.410 e. The SMILES string of the molecule is COc1ccc(C(=O)Nc2n[nH]c3c2CCN(C(=O)OC(C)(C)C)C3)cc1OC. The smallest absolute Gasteiger partial charge is 0.410 e. The summed E-state index contributed by atoms with van der Waals surface area (Å²) in [6.07, 6.45) is 0.195. The Morgan fingerprint density at radius 2 is 1.90 bits per heavy atom. The largest absolute Gasteiger partial charge is 0.493 e. The molecule has 0 radical (unpaired) electrons. The molecule has 2 amide bonds. The first-order valence-electron chi connectivity index (χ1n) is 9.29. The summed E-state index contributed by atoms with van der Waals surface area (Å²) in [4.78, 5) is 26.5. The third-order valence-electron chi connectivity index (χ3n) is 4.46. The number of fused-ring (bicyclic) bond motifs is 1. The van der Waals surface area contributed by atoms with Gasteiger partial charge in [-0.2, -0.15) is 5.10 Å². The van der Waals surface area contributed by atoms with Gasteiger partial charge in [0.25, 0.3) is 5.91 Å². The molecule has 1 aliphatic rings. The van der Waals surface area contributed by atoms with Crippen LogP contribution in [0, 0.1) is 0 Å². The number of amides is 2. The molecule has 0 saturated carbocycles. The van der Waals surface area contributed by atoms with E-state index in [9.17, 15) is 9.59 Å². The molecule has 1 aliphatic heterocycles. The van der Waals surface area contributed by atoms with Gasteiger partial charge in [-0.25, -0.2) is 4.79 Å². The zero-order valence-electron chi connectivity index (χ0n) is 17.3. The Bertz CT molecular complexity index is 916. The van der Waals surface area contributed by atoms with E-state index in [4.69, 9.17) is 14.2 Å². The van der Waals surface area contributed by atoms with E-state index in [0.29, 0.717) is 42.4 Å². The second-order valence-electron chi connectivity index (χ2n) is 7.71. The highest BCUT2D eigenvalue weighted by Gasteiger charge is 2.29. The number of rotatable bonds is 4. The summed E-state index contributed by atoms with van der Waals surface area (Å²) >= 11 is 0. The molecule has 0 fully saturated rings. The Hall–Kier alpha value is -3.23. The van der Waals surface area contributed by atoms with Gasteiger partial charge >= 0.3 is 6.09 Å². The Balaban J connectivity index is 1.71. The molecule has 0 saturated heterocycles. The number of benzene rings is 1. The van der Waals surface area contributed by atoms with Crippen LogP contribution in [0.15, 0.2) is 18.2 Å². The van der Waals surface area contributed by atoms with Crippen LogP contribution in [-0.4, -0.2) is 53.5 Å². The molecule has 2 N–H and O–H groups in total. The van der Waals surface area contributed by atoms with Crippen molar-refractivity contribution in [1.82, 2.24) is 15.1 Å². The molecular weight excluding hydrogens is 376 g/mol. The summed E-state index contributed by atoms with van der Waals surface area (Å²) in [6, 6.07) is 4.93. The molecule has 0 unspecified atom stereocenters. The number of H-pyrrole nitrogens is 1. The first kappa shape index (κ1) is 20.5. The molecule has 1 aromatic carbocycles. The van der Waals surface area contributed by atoms with Gasteiger partial charge in [-0.3, -0.25) is 9.89 Å². The first-order chi connectivity index (χ1) is 13.7. The predicted molar refractivity (Wildman–Crippen MR) is 106 cm³/mol. The Kier molecular flexibility index (Phi) is 5.67. The third-order valence-corrected chi connectivity index (χ3v) is 4.46. The normalized spacial score (nSPS) is 13.5. The van der Waals surface area contributed by atoms with Gasteiger partial charge in [0, 0.05) is 17.7 Å². The van der Waals surface area contributed by atoms with E-state index in [1.165, 1.54) is 14.2 Å². The summed E-state index contributed by atoms with van der Waals surface area (Å²) in [7, 11) is 3.05. The Morgan fingerprint density at radius 3 is 2.55 bits per heavy atom. The van der Waals surface area contributed by atoms with Crippen LogP contribution in [0.25, 0.3) is 0 Å². The van der Waals surface area contributed by atoms with Crippen LogP contribution in [0.1, 0.15) is 42.4 Å². The van der Waals surface area contributed by atoms with Crippen molar-refractivity contribution in [3.63, 3.8) is 0 Å². The van der Waals surface area contributed by atoms with Crippen LogP contribution in [0.5, 0.6) is 11.5 Å². The van der Waals surface area contributed by atoms with E-state index in [0.717, 1.165) is 11.3 Å². The van der Waals surface area contributed by atoms with Crippen LogP contribution in [0.2, 0.25) is 0 Å². The van der Waals surface area contributed by atoms with Crippen LogP contribution in [0.4, 0.5) is 10.6 Å². The topological polar surface area (TPSA) is 106 Å². The van der Waals surface area contributed by atoms with Crippen molar-refractivity contribution in [2.75, 3.05) is 26.1 Å². The lowest BCUT2D eigenvalue weighted by atomic mass is 10.1. The number of carbonyl (C=O) groups is 2. The van der Waals surface area contributed by atoms with E-state index in [1.54, 1.807) is 23.1 Å². The van der Waals surface area contributed by atoms with Crippen molar-refractivity contribution < 1.29 is 23.8 Å². The van der Waals surface area contributed by atoms with Gasteiger partial charge in [-0.15, -0.1) is 0 Å². The minimum Gasteiger partial charge on any atom is -0.493 e. The van der Waals surface area contributed by atoms with E-state index in [2.05, 4.69) is 15.5 Å². The number of hydrogen-bond donors (Lipinski definition) is 2. The molecule has 9 heteroatoms. The summed E-state index contributed by atoms with van der Waals surface area (Å²) in [5, 5.41) is 9.95. The van der Waals surface area contributed by atoms with Crippen LogP contribution in [-0.2, 0) is 17.7 Å².